The van der Waals surface area contributed by atoms with E-state index in [4.69, 9.17) is 5.11 Å². The Morgan fingerprint density at radius 1 is 0.722 bits per heavy atom. The number of aliphatic hydroxyl groups is 1. The minimum Gasteiger partial charge on any atom is -0.396 e. The zero-order valence-corrected chi connectivity index (χ0v) is 11.8. The van der Waals surface area contributed by atoms with Crippen molar-refractivity contribution in [1.29, 1.82) is 0 Å². The molecule has 0 amide bonds. The summed E-state index contributed by atoms with van der Waals surface area (Å²) in [5.74, 6) is 0. The Bertz CT molecular complexity index is 289. The van der Waals surface area contributed by atoms with Crippen LogP contribution in [0.1, 0.15) is 63.0 Å². The molecular weight excluding hydrogens is 220 g/mol. The third-order valence-corrected chi connectivity index (χ3v) is 3.55. The molecule has 0 aliphatic carbocycles. The standard InChI is InChI=1S/C17H28O/c1-2-16-11-13-17(14-12-16)10-8-6-4-3-5-7-9-15-18/h11-14,18H,2-10,15H2,1H3. The third kappa shape index (κ3) is 6.80. The molecular formula is C17H28O. The first kappa shape index (κ1) is 15.2. The first-order chi connectivity index (χ1) is 8.86. The van der Waals surface area contributed by atoms with Gasteiger partial charge in [-0.3, -0.25) is 0 Å². The zero-order chi connectivity index (χ0) is 13.1. The topological polar surface area (TPSA) is 20.2 Å². The second-order valence-corrected chi connectivity index (χ2v) is 5.12. The van der Waals surface area contributed by atoms with Crippen LogP contribution in [0, 0.1) is 0 Å². The van der Waals surface area contributed by atoms with E-state index < -0.39 is 0 Å². The summed E-state index contributed by atoms with van der Waals surface area (Å²) in [5, 5.41) is 8.67. The van der Waals surface area contributed by atoms with Gasteiger partial charge in [0, 0.05) is 6.61 Å². The van der Waals surface area contributed by atoms with Gasteiger partial charge in [0.05, 0.1) is 0 Å². The molecule has 0 saturated heterocycles. The Kier molecular flexibility index (Phi) is 8.58. The minimum atomic E-state index is 0.355. The van der Waals surface area contributed by atoms with Crippen LogP contribution in [0.5, 0.6) is 0 Å². The van der Waals surface area contributed by atoms with Gasteiger partial charge in [-0.2, -0.15) is 0 Å². The van der Waals surface area contributed by atoms with E-state index in [1.807, 2.05) is 0 Å². The van der Waals surface area contributed by atoms with Crippen molar-refractivity contribution in [2.45, 2.75) is 64.7 Å². The molecule has 0 spiro atoms. The van der Waals surface area contributed by atoms with Gasteiger partial charge in [0.25, 0.3) is 0 Å². The van der Waals surface area contributed by atoms with Gasteiger partial charge in [-0.15, -0.1) is 0 Å². The van der Waals surface area contributed by atoms with Crippen molar-refractivity contribution in [2.75, 3.05) is 6.61 Å². The fraction of sp³-hybridized carbons (Fsp3) is 0.647. The molecule has 1 aromatic rings. The Morgan fingerprint density at radius 3 is 1.78 bits per heavy atom. The summed E-state index contributed by atoms with van der Waals surface area (Å²) in [6.45, 7) is 2.56. The maximum Gasteiger partial charge on any atom is 0.0431 e. The fourth-order valence-corrected chi connectivity index (χ4v) is 2.27. The molecule has 1 rings (SSSR count). The second-order valence-electron chi connectivity index (χ2n) is 5.12. The van der Waals surface area contributed by atoms with Gasteiger partial charge in [0.1, 0.15) is 0 Å². The minimum absolute atomic E-state index is 0.355. The lowest BCUT2D eigenvalue weighted by molar-refractivity contribution is 0.282. The first-order valence-corrected chi connectivity index (χ1v) is 7.55. The van der Waals surface area contributed by atoms with Crippen LogP contribution in [0.4, 0.5) is 0 Å². The largest absolute Gasteiger partial charge is 0.396 e. The van der Waals surface area contributed by atoms with E-state index in [0.717, 1.165) is 12.8 Å². The van der Waals surface area contributed by atoms with Crippen LogP contribution >= 0.6 is 0 Å². The van der Waals surface area contributed by atoms with Gasteiger partial charge in [-0.25, -0.2) is 0 Å². The van der Waals surface area contributed by atoms with Crippen molar-refractivity contribution < 1.29 is 5.11 Å². The molecule has 1 aromatic carbocycles. The number of hydrogen-bond donors (Lipinski definition) is 1. The number of rotatable bonds is 10. The van der Waals surface area contributed by atoms with Crippen molar-refractivity contribution in [1.82, 2.24) is 0 Å². The van der Waals surface area contributed by atoms with Crippen LogP contribution in [-0.2, 0) is 12.8 Å². The van der Waals surface area contributed by atoms with Crippen LogP contribution < -0.4 is 0 Å². The molecule has 0 bridgehead atoms. The van der Waals surface area contributed by atoms with E-state index in [1.54, 1.807) is 0 Å². The SMILES string of the molecule is CCc1ccc(CCCCCCCCCO)cc1. The van der Waals surface area contributed by atoms with Crippen LogP contribution in [0.15, 0.2) is 24.3 Å². The van der Waals surface area contributed by atoms with E-state index in [2.05, 4.69) is 31.2 Å². The summed E-state index contributed by atoms with van der Waals surface area (Å²) in [6.07, 6.45) is 11.1. The van der Waals surface area contributed by atoms with Crippen LogP contribution in [0.3, 0.4) is 0 Å². The molecule has 0 radical (unpaired) electrons. The quantitative estimate of drug-likeness (QED) is 0.604. The van der Waals surface area contributed by atoms with Gasteiger partial charge < -0.3 is 5.11 Å². The van der Waals surface area contributed by atoms with Crippen molar-refractivity contribution in [2.24, 2.45) is 0 Å². The Hall–Kier alpha value is -0.820. The highest BCUT2D eigenvalue weighted by molar-refractivity contribution is 5.22. The van der Waals surface area contributed by atoms with Crippen LogP contribution in [0.25, 0.3) is 0 Å². The zero-order valence-electron chi connectivity index (χ0n) is 11.8. The smallest absolute Gasteiger partial charge is 0.0431 e. The third-order valence-electron chi connectivity index (χ3n) is 3.55. The normalized spacial score (nSPS) is 10.8. The Balaban J connectivity index is 2.00. The maximum atomic E-state index is 8.67. The summed E-state index contributed by atoms with van der Waals surface area (Å²) >= 11 is 0. The van der Waals surface area contributed by atoms with Crippen molar-refractivity contribution in [3.05, 3.63) is 35.4 Å². The molecule has 1 nitrogen and oxygen atoms in total. The van der Waals surface area contributed by atoms with Gasteiger partial charge >= 0.3 is 0 Å². The van der Waals surface area contributed by atoms with Crippen LogP contribution in [0.2, 0.25) is 0 Å². The van der Waals surface area contributed by atoms with Gasteiger partial charge in [0.2, 0.25) is 0 Å². The lowest BCUT2D eigenvalue weighted by Gasteiger charge is -2.03. The lowest BCUT2D eigenvalue weighted by Crippen LogP contribution is -1.88. The summed E-state index contributed by atoms with van der Waals surface area (Å²) in [4.78, 5) is 0. The van der Waals surface area contributed by atoms with E-state index >= 15 is 0 Å². The lowest BCUT2D eigenvalue weighted by atomic mass is 10.0. The fourth-order valence-electron chi connectivity index (χ4n) is 2.27. The Morgan fingerprint density at radius 2 is 1.22 bits per heavy atom. The summed E-state index contributed by atoms with van der Waals surface area (Å²) < 4.78 is 0. The van der Waals surface area contributed by atoms with Gasteiger partial charge in [-0.05, 0) is 36.8 Å². The van der Waals surface area contributed by atoms with Gasteiger partial charge in [0.15, 0.2) is 0 Å². The highest BCUT2D eigenvalue weighted by Gasteiger charge is 1.95. The van der Waals surface area contributed by atoms with Crippen molar-refractivity contribution in [3.8, 4) is 0 Å². The predicted molar refractivity (Wildman–Crippen MR) is 78.9 cm³/mol. The van der Waals surface area contributed by atoms with Gasteiger partial charge in [-0.1, -0.05) is 63.3 Å². The number of aryl methyl sites for hydroxylation is 2. The molecule has 0 saturated carbocycles. The molecule has 0 aliphatic heterocycles. The van der Waals surface area contributed by atoms with Crippen molar-refractivity contribution >= 4 is 0 Å². The second kappa shape index (κ2) is 10.1. The molecule has 102 valence electrons. The molecule has 0 unspecified atom stereocenters. The van der Waals surface area contributed by atoms with E-state index in [0.29, 0.717) is 6.61 Å². The average Bonchev–Trinajstić information content (AvgIpc) is 2.42. The predicted octanol–water partition coefficient (Wildman–Crippen LogP) is 4.51. The highest BCUT2D eigenvalue weighted by Crippen LogP contribution is 2.11. The molecule has 0 atom stereocenters. The molecule has 0 aliphatic rings. The molecule has 0 aromatic heterocycles. The Labute approximate surface area is 112 Å². The highest BCUT2D eigenvalue weighted by atomic mass is 16.2. The monoisotopic (exact) mass is 248 g/mol. The molecule has 18 heavy (non-hydrogen) atoms. The summed E-state index contributed by atoms with van der Waals surface area (Å²) in [7, 11) is 0. The summed E-state index contributed by atoms with van der Waals surface area (Å²) in [6, 6.07) is 9.06. The van der Waals surface area contributed by atoms with E-state index in [-0.39, 0.29) is 0 Å². The summed E-state index contributed by atoms with van der Waals surface area (Å²) in [5.41, 5.74) is 2.91. The first-order valence-electron chi connectivity index (χ1n) is 7.55. The van der Waals surface area contributed by atoms with Crippen LogP contribution in [-0.4, -0.2) is 11.7 Å². The molecule has 0 fully saturated rings. The number of benzene rings is 1. The molecule has 1 heteroatoms. The van der Waals surface area contributed by atoms with E-state index in [9.17, 15) is 0 Å². The maximum absolute atomic E-state index is 8.67. The number of hydrogen-bond acceptors (Lipinski definition) is 1. The number of aliphatic hydroxyl groups excluding tert-OH is 1. The van der Waals surface area contributed by atoms with Crippen molar-refractivity contribution in [3.63, 3.8) is 0 Å². The number of unbranched alkanes of at least 4 members (excludes halogenated alkanes) is 6. The molecule has 1 N–H and O–H groups in total. The average molecular weight is 248 g/mol. The van der Waals surface area contributed by atoms with E-state index in [1.165, 1.54) is 56.1 Å². The molecule has 0 heterocycles.